The van der Waals surface area contributed by atoms with Crippen LogP contribution < -0.4 is 0 Å². The maximum atomic E-state index is 13.1. The smallest absolute Gasteiger partial charge is 0.223 e. The predicted molar refractivity (Wildman–Crippen MR) is 100 cm³/mol. The number of aromatic nitrogens is 2. The first-order valence-electron chi connectivity index (χ1n) is 8.96. The lowest BCUT2D eigenvalue weighted by Gasteiger charge is -2.29. The number of carbonyl (C=O) groups excluding carboxylic acids is 1. The third-order valence-electron chi connectivity index (χ3n) is 5.00. The van der Waals surface area contributed by atoms with Crippen molar-refractivity contribution < 1.29 is 4.79 Å². The summed E-state index contributed by atoms with van der Waals surface area (Å²) in [5, 5.41) is 0. The van der Waals surface area contributed by atoms with Gasteiger partial charge in [0.05, 0.1) is 5.69 Å². The second kappa shape index (κ2) is 7.48. The summed E-state index contributed by atoms with van der Waals surface area (Å²) in [6, 6.07) is 20.6. The molecule has 0 aliphatic carbocycles. The third kappa shape index (κ3) is 3.49. The molecule has 26 heavy (non-hydrogen) atoms. The Morgan fingerprint density at radius 1 is 1.00 bits per heavy atom. The lowest BCUT2D eigenvalue weighted by atomic mass is 9.88. The highest BCUT2D eigenvalue weighted by atomic mass is 16.2. The highest BCUT2D eigenvalue weighted by Crippen LogP contribution is 2.29. The Balaban J connectivity index is 1.56. The average Bonchev–Trinajstić information content (AvgIpc) is 2.72. The van der Waals surface area contributed by atoms with E-state index in [9.17, 15) is 4.79 Å². The molecule has 1 amide bonds. The van der Waals surface area contributed by atoms with Crippen LogP contribution in [-0.4, -0.2) is 27.3 Å². The lowest BCUT2D eigenvalue weighted by Crippen LogP contribution is -2.37. The van der Waals surface area contributed by atoms with Crippen LogP contribution in [0, 0.1) is 0 Å². The largest absolute Gasteiger partial charge is 0.338 e. The van der Waals surface area contributed by atoms with Gasteiger partial charge in [0.2, 0.25) is 5.91 Å². The second-order valence-corrected chi connectivity index (χ2v) is 6.64. The van der Waals surface area contributed by atoms with E-state index >= 15 is 0 Å². The first kappa shape index (κ1) is 16.5. The number of fused-ring (bicyclic) bond motifs is 1. The highest BCUT2D eigenvalue weighted by molar-refractivity contribution is 5.78. The van der Waals surface area contributed by atoms with Crippen LogP contribution >= 0.6 is 0 Å². The zero-order valence-corrected chi connectivity index (χ0v) is 14.6. The van der Waals surface area contributed by atoms with Gasteiger partial charge in [-0.1, -0.05) is 60.7 Å². The van der Waals surface area contributed by atoms with Crippen LogP contribution in [0.1, 0.15) is 34.7 Å². The molecule has 4 heteroatoms. The van der Waals surface area contributed by atoms with Crippen LogP contribution in [0.25, 0.3) is 0 Å². The number of hydrogen-bond acceptors (Lipinski definition) is 3. The quantitative estimate of drug-likeness (QED) is 0.727. The Hall–Kier alpha value is -3.01. The van der Waals surface area contributed by atoms with Gasteiger partial charge in [0.1, 0.15) is 6.33 Å². The molecule has 0 fully saturated rings. The molecule has 4 nitrogen and oxygen atoms in total. The summed E-state index contributed by atoms with van der Waals surface area (Å²) in [6.07, 6.45) is 4.67. The fourth-order valence-electron chi connectivity index (χ4n) is 3.58. The van der Waals surface area contributed by atoms with E-state index in [1.807, 2.05) is 47.5 Å². The minimum atomic E-state index is 0.0679. The molecule has 2 aromatic carbocycles. The van der Waals surface area contributed by atoms with Gasteiger partial charge in [0, 0.05) is 43.6 Å². The van der Waals surface area contributed by atoms with Gasteiger partial charge in [-0.2, -0.15) is 0 Å². The molecule has 0 unspecified atom stereocenters. The van der Waals surface area contributed by atoms with Crippen LogP contribution in [0.3, 0.4) is 0 Å². The van der Waals surface area contributed by atoms with Crippen molar-refractivity contribution in [2.45, 2.75) is 25.3 Å². The summed E-state index contributed by atoms with van der Waals surface area (Å²) in [5.74, 6) is 0.246. The molecule has 1 aliphatic heterocycles. The van der Waals surface area contributed by atoms with Gasteiger partial charge in [0.25, 0.3) is 0 Å². The molecular formula is C22H21N3O. The van der Waals surface area contributed by atoms with Gasteiger partial charge < -0.3 is 4.90 Å². The molecule has 0 spiro atoms. The van der Waals surface area contributed by atoms with Crippen LogP contribution in [-0.2, 0) is 17.8 Å². The van der Waals surface area contributed by atoms with Crippen molar-refractivity contribution in [3.05, 3.63) is 95.6 Å². The van der Waals surface area contributed by atoms with Gasteiger partial charge in [-0.05, 0) is 11.1 Å². The standard InChI is InChI=1S/C22H21N3O/c26-22(25-12-11-21-19(15-25)14-23-16-24-21)13-20(17-7-3-1-4-8-17)18-9-5-2-6-10-18/h1-10,14,16,20H,11-13,15H2. The summed E-state index contributed by atoms with van der Waals surface area (Å²) in [4.78, 5) is 23.4. The average molecular weight is 343 g/mol. The minimum Gasteiger partial charge on any atom is -0.338 e. The van der Waals surface area contributed by atoms with Gasteiger partial charge in [-0.25, -0.2) is 9.97 Å². The Bertz CT molecular complexity index is 841. The molecular weight excluding hydrogens is 322 g/mol. The molecule has 0 radical (unpaired) electrons. The molecule has 1 aliphatic rings. The molecule has 0 saturated carbocycles. The Kier molecular flexibility index (Phi) is 4.73. The second-order valence-electron chi connectivity index (χ2n) is 6.64. The van der Waals surface area contributed by atoms with Crippen molar-refractivity contribution in [1.82, 2.24) is 14.9 Å². The van der Waals surface area contributed by atoms with E-state index in [0.717, 1.165) is 24.2 Å². The van der Waals surface area contributed by atoms with Crippen molar-refractivity contribution in [1.29, 1.82) is 0 Å². The Labute approximate surface area is 153 Å². The molecule has 0 atom stereocenters. The predicted octanol–water partition coefficient (Wildman–Crippen LogP) is 3.58. The molecule has 0 bridgehead atoms. The van der Waals surface area contributed by atoms with Crippen molar-refractivity contribution in [2.24, 2.45) is 0 Å². The van der Waals surface area contributed by atoms with Crippen molar-refractivity contribution in [2.75, 3.05) is 6.54 Å². The Morgan fingerprint density at radius 2 is 1.65 bits per heavy atom. The van der Waals surface area contributed by atoms with Crippen molar-refractivity contribution in [3.8, 4) is 0 Å². The summed E-state index contributed by atoms with van der Waals surface area (Å²) in [6.45, 7) is 1.32. The molecule has 3 aromatic rings. The van der Waals surface area contributed by atoms with E-state index < -0.39 is 0 Å². The van der Waals surface area contributed by atoms with Crippen molar-refractivity contribution >= 4 is 5.91 Å². The monoisotopic (exact) mass is 343 g/mol. The minimum absolute atomic E-state index is 0.0679. The van der Waals surface area contributed by atoms with E-state index in [1.54, 1.807) is 6.33 Å². The van der Waals surface area contributed by atoms with E-state index in [2.05, 4.69) is 34.2 Å². The van der Waals surface area contributed by atoms with E-state index in [0.29, 0.717) is 13.0 Å². The maximum absolute atomic E-state index is 13.1. The van der Waals surface area contributed by atoms with E-state index in [-0.39, 0.29) is 11.8 Å². The summed E-state index contributed by atoms with van der Waals surface area (Å²) >= 11 is 0. The molecule has 4 rings (SSSR count). The Morgan fingerprint density at radius 3 is 2.31 bits per heavy atom. The fourth-order valence-corrected chi connectivity index (χ4v) is 3.58. The molecule has 2 heterocycles. The zero-order chi connectivity index (χ0) is 17.8. The number of benzene rings is 2. The molecule has 0 N–H and O–H groups in total. The summed E-state index contributed by atoms with van der Waals surface area (Å²) < 4.78 is 0. The summed E-state index contributed by atoms with van der Waals surface area (Å²) in [5.41, 5.74) is 4.47. The maximum Gasteiger partial charge on any atom is 0.223 e. The zero-order valence-electron chi connectivity index (χ0n) is 14.6. The van der Waals surface area contributed by atoms with Gasteiger partial charge in [0.15, 0.2) is 0 Å². The number of rotatable bonds is 4. The highest BCUT2D eigenvalue weighted by Gasteiger charge is 2.25. The number of carbonyl (C=O) groups is 1. The molecule has 1 aromatic heterocycles. The normalized spacial score (nSPS) is 13.5. The number of amides is 1. The van der Waals surface area contributed by atoms with Gasteiger partial charge in [-0.15, -0.1) is 0 Å². The van der Waals surface area contributed by atoms with Crippen LogP contribution in [0.4, 0.5) is 0 Å². The summed E-state index contributed by atoms with van der Waals surface area (Å²) in [7, 11) is 0. The van der Waals surface area contributed by atoms with E-state index in [1.165, 1.54) is 11.1 Å². The lowest BCUT2D eigenvalue weighted by molar-refractivity contribution is -0.132. The van der Waals surface area contributed by atoms with Crippen LogP contribution in [0.2, 0.25) is 0 Å². The van der Waals surface area contributed by atoms with Crippen molar-refractivity contribution in [3.63, 3.8) is 0 Å². The fraction of sp³-hybridized carbons (Fsp3) is 0.227. The topological polar surface area (TPSA) is 46.1 Å². The molecule has 0 saturated heterocycles. The number of hydrogen-bond donors (Lipinski definition) is 0. The van der Waals surface area contributed by atoms with E-state index in [4.69, 9.17) is 0 Å². The SMILES string of the molecule is O=C(CC(c1ccccc1)c1ccccc1)N1CCc2ncncc2C1. The first-order valence-corrected chi connectivity index (χ1v) is 8.96. The van der Waals surface area contributed by atoms with Gasteiger partial charge >= 0.3 is 0 Å². The third-order valence-corrected chi connectivity index (χ3v) is 5.00. The number of nitrogens with zero attached hydrogens (tertiary/aromatic N) is 3. The van der Waals surface area contributed by atoms with Crippen LogP contribution in [0.5, 0.6) is 0 Å². The van der Waals surface area contributed by atoms with Gasteiger partial charge in [-0.3, -0.25) is 4.79 Å². The molecule has 130 valence electrons. The van der Waals surface area contributed by atoms with Crippen LogP contribution in [0.15, 0.2) is 73.2 Å². The first-order chi connectivity index (χ1) is 12.8.